The number of nitrogens with zero attached hydrogens (tertiary/aromatic N) is 1. The standard InChI is InChI=1S/C10H13FN4O/c11-8-3-1-7(2-4-8)5-6-15(9(12)13)10(14)16/h1-4H,5-6H2,(H3,12,13)(H2,14,16). The summed E-state index contributed by atoms with van der Waals surface area (Å²) in [4.78, 5) is 11.8. The molecule has 0 aliphatic carbocycles. The quantitative estimate of drug-likeness (QED) is 0.519. The molecule has 6 heteroatoms. The summed E-state index contributed by atoms with van der Waals surface area (Å²) >= 11 is 0. The smallest absolute Gasteiger partial charge is 0.321 e. The van der Waals surface area contributed by atoms with E-state index in [0.29, 0.717) is 6.42 Å². The first kappa shape index (κ1) is 12.0. The van der Waals surface area contributed by atoms with Crippen LogP contribution in [0.4, 0.5) is 9.18 Å². The fourth-order valence-electron chi connectivity index (χ4n) is 1.24. The van der Waals surface area contributed by atoms with Crippen LogP contribution in [0.3, 0.4) is 0 Å². The minimum absolute atomic E-state index is 0.205. The van der Waals surface area contributed by atoms with Crippen molar-refractivity contribution in [1.82, 2.24) is 4.90 Å². The molecule has 1 aromatic carbocycles. The number of halogens is 1. The third-order valence-corrected chi connectivity index (χ3v) is 2.09. The third-order valence-electron chi connectivity index (χ3n) is 2.09. The normalized spacial score (nSPS) is 9.81. The number of rotatable bonds is 3. The summed E-state index contributed by atoms with van der Waals surface area (Å²) < 4.78 is 12.6. The lowest BCUT2D eigenvalue weighted by atomic mass is 10.1. The molecule has 5 N–H and O–H groups in total. The van der Waals surface area contributed by atoms with Gasteiger partial charge in [0.1, 0.15) is 5.82 Å². The van der Waals surface area contributed by atoms with Crippen LogP contribution in [0.1, 0.15) is 5.56 Å². The number of nitrogens with two attached hydrogens (primary N) is 2. The third kappa shape index (κ3) is 3.23. The van der Waals surface area contributed by atoms with Gasteiger partial charge in [-0.1, -0.05) is 12.1 Å². The van der Waals surface area contributed by atoms with E-state index in [1.54, 1.807) is 12.1 Å². The lowest BCUT2D eigenvalue weighted by molar-refractivity contribution is 0.229. The Bertz CT molecular complexity index is 376. The van der Waals surface area contributed by atoms with Crippen molar-refractivity contribution in [2.75, 3.05) is 6.54 Å². The van der Waals surface area contributed by atoms with E-state index in [2.05, 4.69) is 0 Å². The van der Waals surface area contributed by atoms with Crippen molar-refractivity contribution >= 4 is 12.0 Å². The highest BCUT2D eigenvalue weighted by molar-refractivity contribution is 5.93. The minimum atomic E-state index is -0.769. The number of amides is 2. The summed E-state index contributed by atoms with van der Waals surface area (Å²) in [5.74, 6) is -0.711. The van der Waals surface area contributed by atoms with Gasteiger partial charge in [-0.25, -0.2) is 9.18 Å². The predicted octanol–water partition coefficient (Wildman–Crippen LogP) is 0.642. The molecule has 0 unspecified atom stereocenters. The minimum Gasteiger partial charge on any atom is -0.370 e. The van der Waals surface area contributed by atoms with Gasteiger partial charge in [0.05, 0.1) is 0 Å². The Balaban J connectivity index is 2.59. The van der Waals surface area contributed by atoms with Crippen molar-refractivity contribution in [1.29, 1.82) is 5.41 Å². The highest BCUT2D eigenvalue weighted by Crippen LogP contribution is 2.04. The molecule has 1 rings (SSSR count). The Labute approximate surface area is 92.3 Å². The van der Waals surface area contributed by atoms with E-state index in [1.807, 2.05) is 0 Å². The average molecular weight is 224 g/mol. The van der Waals surface area contributed by atoms with E-state index >= 15 is 0 Å². The van der Waals surface area contributed by atoms with Crippen molar-refractivity contribution in [2.24, 2.45) is 11.5 Å². The lowest BCUT2D eigenvalue weighted by Gasteiger charge is -2.17. The molecule has 1 aromatic rings. The van der Waals surface area contributed by atoms with Gasteiger partial charge in [-0.05, 0) is 24.1 Å². The van der Waals surface area contributed by atoms with Gasteiger partial charge in [0.25, 0.3) is 0 Å². The number of carbonyl (C=O) groups is 1. The summed E-state index contributed by atoms with van der Waals surface area (Å²) in [5, 5.41) is 7.12. The summed E-state index contributed by atoms with van der Waals surface area (Å²) in [6, 6.07) is 5.10. The van der Waals surface area contributed by atoms with E-state index in [4.69, 9.17) is 16.9 Å². The molecule has 0 radical (unpaired) electrons. The lowest BCUT2D eigenvalue weighted by Crippen LogP contribution is -2.45. The van der Waals surface area contributed by atoms with Crippen LogP contribution in [0.15, 0.2) is 24.3 Å². The van der Waals surface area contributed by atoms with Gasteiger partial charge in [0, 0.05) is 6.54 Å². The molecule has 0 atom stereocenters. The number of urea groups is 1. The maximum absolute atomic E-state index is 12.6. The topological polar surface area (TPSA) is 96.2 Å². The number of hydrogen-bond donors (Lipinski definition) is 3. The van der Waals surface area contributed by atoms with Gasteiger partial charge in [-0.15, -0.1) is 0 Å². The molecule has 16 heavy (non-hydrogen) atoms. The Morgan fingerprint density at radius 1 is 1.31 bits per heavy atom. The SMILES string of the molecule is N=C(N)N(CCc1ccc(F)cc1)C(N)=O. The number of benzene rings is 1. The van der Waals surface area contributed by atoms with Crippen molar-refractivity contribution < 1.29 is 9.18 Å². The van der Waals surface area contributed by atoms with Crippen molar-refractivity contribution in [2.45, 2.75) is 6.42 Å². The van der Waals surface area contributed by atoms with Crippen LogP contribution >= 0.6 is 0 Å². The second-order valence-corrected chi connectivity index (χ2v) is 3.25. The van der Waals surface area contributed by atoms with Gasteiger partial charge in [-0.2, -0.15) is 0 Å². The van der Waals surface area contributed by atoms with Crippen molar-refractivity contribution in [3.8, 4) is 0 Å². The number of nitrogens with one attached hydrogen (secondary N) is 1. The Kier molecular flexibility index (Phi) is 3.82. The molecule has 0 saturated heterocycles. The molecular weight excluding hydrogens is 211 g/mol. The average Bonchev–Trinajstić information content (AvgIpc) is 2.20. The zero-order valence-corrected chi connectivity index (χ0v) is 8.61. The fourth-order valence-corrected chi connectivity index (χ4v) is 1.24. The van der Waals surface area contributed by atoms with Crippen LogP contribution in [0.5, 0.6) is 0 Å². The molecule has 0 spiro atoms. The fraction of sp³-hybridized carbons (Fsp3) is 0.200. The van der Waals surface area contributed by atoms with Crippen LogP contribution in [-0.4, -0.2) is 23.4 Å². The zero-order chi connectivity index (χ0) is 12.1. The second-order valence-electron chi connectivity index (χ2n) is 3.25. The molecule has 0 aliphatic heterocycles. The number of primary amides is 1. The molecular formula is C10H13FN4O. The summed E-state index contributed by atoms with van der Waals surface area (Å²) in [7, 11) is 0. The maximum Gasteiger partial charge on any atom is 0.321 e. The van der Waals surface area contributed by atoms with Gasteiger partial charge in [0.15, 0.2) is 5.96 Å². The van der Waals surface area contributed by atoms with E-state index in [0.717, 1.165) is 10.5 Å². The van der Waals surface area contributed by atoms with Crippen LogP contribution in [-0.2, 0) is 6.42 Å². The molecule has 0 aromatic heterocycles. The van der Waals surface area contributed by atoms with E-state index in [9.17, 15) is 9.18 Å². The van der Waals surface area contributed by atoms with Gasteiger partial charge < -0.3 is 11.5 Å². The molecule has 0 aliphatic rings. The molecule has 2 amide bonds. The summed E-state index contributed by atoms with van der Waals surface area (Å²) in [6.45, 7) is 0.205. The highest BCUT2D eigenvalue weighted by Gasteiger charge is 2.11. The van der Waals surface area contributed by atoms with Crippen LogP contribution in [0.25, 0.3) is 0 Å². The van der Waals surface area contributed by atoms with E-state index in [-0.39, 0.29) is 12.4 Å². The van der Waals surface area contributed by atoms with Crippen LogP contribution in [0.2, 0.25) is 0 Å². The Morgan fingerprint density at radius 2 is 1.88 bits per heavy atom. The van der Waals surface area contributed by atoms with Gasteiger partial charge in [0.2, 0.25) is 0 Å². The first-order valence-corrected chi connectivity index (χ1v) is 4.66. The van der Waals surface area contributed by atoms with Crippen LogP contribution in [0, 0.1) is 11.2 Å². The molecule has 0 fully saturated rings. The Morgan fingerprint density at radius 3 is 2.31 bits per heavy atom. The zero-order valence-electron chi connectivity index (χ0n) is 8.61. The monoisotopic (exact) mass is 224 g/mol. The summed E-state index contributed by atoms with van der Waals surface area (Å²) in [5.41, 5.74) is 11.0. The van der Waals surface area contributed by atoms with Crippen molar-refractivity contribution in [3.63, 3.8) is 0 Å². The summed E-state index contributed by atoms with van der Waals surface area (Å²) in [6.07, 6.45) is 0.461. The number of carbonyl (C=O) groups excluding carboxylic acids is 1. The highest BCUT2D eigenvalue weighted by atomic mass is 19.1. The Hall–Kier alpha value is -2.11. The number of guanidine groups is 1. The van der Waals surface area contributed by atoms with Crippen LogP contribution < -0.4 is 11.5 Å². The van der Waals surface area contributed by atoms with Gasteiger partial charge >= 0.3 is 6.03 Å². The van der Waals surface area contributed by atoms with E-state index in [1.165, 1.54) is 12.1 Å². The predicted molar refractivity (Wildman–Crippen MR) is 58.3 cm³/mol. The molecule has 0 saturated carbocycles. The first-order valence-electron chi connectivity index (χ1n) is 4.66. The van der Waals surface area contributed by atoms with Gasteiger partial charge in [-0.3, -0.25) is 10.3 Å². The van der Waals surface area contributed by atoms with Crippen molar-refractivity contribution in [3.05, 3.63) is 35.6 Å². The second kappa shape index (κ2) is 5.11. The first-order chi connectivity index (χ1) is 7.50. The molecule has 86 valence electrons. The molecule has 0 heterocycles. The molecule has 5 nitrogen and oxygen atoms in total. The van der Waals surface area contributed by atoms with E-state index < -0.39 is 12.0 Å². The largest absolute Gasteiger partial charge is 0.370 e. The molecule has 0 bridgehead atoms. The number of hydrogen-bond acceptors (Lipinski definition) is 2. The maximum atomic E-state index is 12.6.